The van der Waals surface area contributed by atoms with Gasteiger partial charge in [-0.15, -0.1) is 0 Å². The van der Waals surface area contributed by atoms with Gasteiger partial charge < -0.3 is 10.6 Å². The first-order chi connectivity index (χ1) is 7.28. The largest absolute Gasteiger partial charge is 0.317 e. The monoisotopic (exact) mass is 208 g/mol. The van der Waals surface area contributed by atoms with Crippen molar-refractivity contribution < 1.29 is 0 Å². The van der Waals surface area contributed by atoms with Gasteiger partial charge in [-0.3, -0.25) is 0 Å². The third-order valence-corrected chi connectivity index (χ3v) is 4.98. The van der Waals surface area contributed by atoms with Crippen LogP contribution in [0.15, 0.2) is 0 Å². The average Bonchev–Trinajstić information content (AvgIpc) is 2.85. The lowest BCUT2D eigenvalue weighted by Gasteiger charge is -2.34. The second-order valence-corrected chi connectivity index (χ2v) is 6.20. The van der Waals surface area contributed by atoms with Gasteiger partial charge in [-0.05, 0) is 69.0 Å². The molecule has 1 spiro atoms. The predicted molar refractivity (Wildman–Crippen MR) is 62.8 cm³/mol. The molecule has 0 aromatic heterocycles. The highest BCUT2D eigenvalue weighted by molar-refractivity contribution is 5.05. The van der Waals surface area contributed by atoms with Crippen molar-refractivity contribution in [2.75, 3.05) is 19.6 Å². The Morgan fingerprint density at radius 2 is 2.00 bits per heavy atom. The number of piperidine rings is 1. The van der Waals surface area contributed by atoms with E-state index in [2.05, 4.69) is 17.6 Å². The molecule has 1 heterocycles. The first-order valence-corrected chi connectivity index (χ1v) is 6.73. The summed E-state index contributed by atoms with van der Waals surface area (Å²) in [5.74, 6) is 1.99. The molecule has 1 saturated heterocycles. The van der Waals surface area contributed by atoms with E-state index < -0.39 is 0 Å². The van der Waals surface area contributed by atoms with E-state index in [-0.39, 0.29) is 0 Å². The van der Waals surface area contributed by atoms with E-state index in [0.717, 1.165) is 23.3 Å². The third kappa shape index (κ3) is 1.94. The Bertz CT molecular complexity index is 227. The first kappa shape index (κ1) is 10.1. The summed E-state index contributed by atoms with van der Waals surface area (Å²) in [6, 6.07) is 0.861. The zero-order valence-corrected chi connectivity index (χ0v) is 9.89. The maximum absolute atomic E-state index is 3.76. The van der Waals surface area contributed by atoms with Gasteiger partial charge in [0.2, 0.25) is 0 Å². The molecule has 0 aromatic rings. The fraction of sp³-hybridized carbons (Fsp3) is 1.00. The topological polar surface area (TPSA) is 24.1 Å². The van der Waals surface area contributed by atoms with Crippen molar-refractivity contribution in [3.8, 4) is 0 Å². The molecule has 3 aliphatic rings. The van der Waals surface area contributed by atoms with E-state index in [9.17, 15) is 0 Å². The van der Waals surface area contributed by atoms with Crippen LogP contribution in [0.1, 0.15) is 39.0 Å². The molecule has 1 unspecified atom stereocenters. The Morgan fingerprint density at radius 1 is 1.27 bits per heavy atom. The van der Waals surface area contributed by atoms with Gasteiger partial charge in [0, 0.05) is 6.04 Å². The smallest absolute Gasteiger partial charge is 0.00722 e. The van der Waals surface area contributed by atoms with Crippen LogP contribution >= 0.6 is 0 Å². The summed E-state index contributed by atoms with van der Waals surface area (Å²) in [6.07, 6.45) is 7.20. The first-order valence-electron chi connectivity index (χ1n) is 6.73. The molecule has 2 aliphatic carbocycles. The Hall–Kier alpha value is -0.0800. The standard InChI is InChI=1S/C13H24N2/c1-10-6-12(7-10)15-9-11-8-13(11)2-4-14-5-3-13/h10-12,14-15H,2-9H2,1H3. The molecule has 86 valence electrons. The second kappa shape index (κ2) is 3.74. The molecule has 2 heteroatoms. The zero-order valence-electron chi connectivity index (χ0n) is 9.89. The van der Waals surface area contributed by atoms with E-state index in [1.165, 1.54) is 51.7 Å². The highest BCUT2D eigenvalue weighted by atomic mass is 15.0. The summed E-state index contributed by atoms with van der Waals surface area (Å²) < 4.78 is 0. The van der Waals surface area contributed by atoms with Crippen molar-refractivity contribution in [2.45, 2.75) is 45.1 Å². The van der Waals surface area contributed by atoms with Crippen LogP contribution < -0.4 is 10.6 Å². The van der Waals surface area contributed by atoms with E-state index in [1.54, 1.807) is 0 Å². The lowest BCUT2D eigenvalue weighted by molar-refractivity contribution is 0.231. The molecule has 1 atom stereocenters. The molecule has 3 rings (SSSR count). The zero-order chi connectivity index (χ0) is 10.3. The molecule has 2 nitrogen and oxygen atoms in total. The molecule has 0 radical (unpaired) electrons. The van der Waals surface area contributed by atoms with E-state index in [0.29, 0.717) is 0 Å². The minimum absolute atomic E-state index is 0.771. The minimum Gasteiger partial charge on any atom is -0.317 e. The van der Waals surface area contributed by atoms with Crippen LogP contribution in [0.4, 0.5) is 0 Å². The Balaban J connectivity index is 1.39. The number of rotatable bonds is 3. The van der Waals surface area contributed by atoms with Crippen LogP contribution in [0, 0.1) is 17.3 Å². The van der Waals surface area contributed by atoms with Gasteiger partial charge in [0.05, 0.1) is 0 Å². The molecule has 15 heavy (non-hydrogen) atoms. The van der Waals surface area contributed by atoms with Gasteiger partial charge in [-0.25, -0.2) is 0 Å². The van der Waals surface area contributed by atoms with Crippen LogP contribution in [0.25, 0.3) is 0 Å². The summed E-state index contributed by atoms with van der Waals surface area (Å²) >= 11 is 0. The van der Waals surface area contributed by atoms with Crippen LogP contribution in [0.3, 0.4) is 0 Å². The summed E-state index contributed by atoms with van der Waals surface area (Å²) in [5, 5.41) is 7.24. The maximum atomic E-state index is 3.76. The molecule has 0 bridgehead atoms. The van der Waals surface area contributed by atoms with Crippen molar-refractivity contribution in [2.24, 2.45) is 17.3 Å². The third-order valence-electron chi connectivity index (χ3n) is 4.98. The van der Waals surface area contributed by atoms with E-state index in [4.69, 9.17) is 0 Å². The predicted octanol–water partition coefficient (Wildman–Crippen LogP) is 1.76. The molecular formula is C13H24N2. The van der Waals surface area contributed by atoms with Gasteiger partial charge in [-0.1, -0.05) is 6.92 Å². The molecule has 3 fully saturated rings. The normalized spacial score (nSPS) is 42.6. The van der Waals surface area contributed by atoms with Gasteiger partial charge in [-0.2, -0.15) is 0 Å². The molecule has 2 saturated carbocycles. The van der Waals surface area contributed by atoms with Crippen LogP contribution in [0.2, 0.25) is 0 Å². The Morgan fingerprint density at radius 3 is 2.67 bits per heavy atom. The van der Waals surface area contributed by atoms with E-state index in [1.807, 2.05) is 0 Å². The lowest BCUT2D eigenvalue weighted by Crippen LogP contribution is -2.41. The Kier molecular flexibility index (Phi) is 2.52. The summed E-state index contributed by atoms with van der Waals surface area (Å²) in [4.78, 5) is 0. The molecule has 2 N–H and O–H groups in total. The summed E-state index contributed by atoms with van der Waals surface area (Å²) in [7, 11) is 0. The summed E-state index contributed by atoms with van der Waals surface area (Å²) in [5.41, 5.74) is 0.771. The van der Waals surface area contributed by atoms with Crippen molar-refractivity contribution in [3.05, 3.63) is 0 Å². The lowest BCUT2D eigenvalue weighted by atomic mass is 9.82. The highest BCUT2D eigenvalue weighted by Crippen LogP contribution is 2.58. The second-order valence-electron chi connectivity index (χ2n) is 6.20. The molecule has 0 aromatic carbocycles. The molecular weight excluding hydrogens is 184 g/mol. The molecule has 0 amide bonds. The van der Waals surface area contributed by atoms with Crippen LogP contribution in [-0.4, -0.2) is 25.7 Å². The number of hydrogen-bond donors (Lipinski definition) is 2. The summed E-state index contributed by atoms with van der Waals surface area (Å²) in [6.45, 7) is 6.19. The van der Waals surface area contributed by atoms with Gasteiger partial charge in [0.15, 0.2) is 0 Å². The average molecular weight is 208 g/mol. The molecule has 1 aliphatic heterocycles. The highest BCUT2D eigenvalue weighted by Gasteiger charge is 2.53. The van der Waals surface area contributed by atoms with Crippen molar-refractivity contribution in [1.29, 1.82) is 0 Å². The van der Waals surface area contributed by atoms with Crippen molar-refractivity contribution in [1.82, 2.24) is 10.6 Å². The fourth-order valence-corrected chi connectivity index (χ4v) is 3.64. The van der Waals surface area contributed by atoms with Crippen LogP contribution in [-0.2, 0) is 0 Å². The fourth-order valence-electron chi connectivity index (χ4n) is 3.64. The van der Waals surface area contributed by atoms with Gasteiger partial charge in [0.1, 0.15) is 0 Å². The quantitative estimate of drug-likeness (QED) is 0.738. The maximum Gasteiger partial charge on any atom is 0.00722 e. The van der Waals surface area contributed by atoms with Gasteiger partial charge >= 0.3 is 0 Å². The minimum atomic E-state index is 0.771. The SMILES string of the molecule is CC1CC(NCC2CC23CCNCC3)C1. The number of hydrogen-bond acceptors (Lipinski definition) is 2. The number of nitrogens with one attached hydrogen (secondary N) is 2. The van der Waals surface area contributed by atoms with E-state index >= 15 is 0 Å². The van der Waals surface area contributed by atoms with Gasteiger partial charge in [0.25, 0.3) is 0 Å². The van der Waals surface area contributed by atoms with Crippen molar-refractivity contribution in [3.63, 3.8) is 0 Å². The van der Waals surface area contributed by atoms with Crippen LogP contribution in [0.5, 0.6) is 0 Å². The Labute approximate surface area is 93.2 Å². The van der Waals surface area contributed by atoms with Crippen molar-refractivity contribution >= 4 is 0 Å².